The Labute approximate surface area is 134 Å². The molecule has 0 spiro atoms. The van der Waals surface area contributed by atoms with Crippen molar-refractivity contribution < 1.29 is 29.4 Å². The number of carbonyl (C=O) groups excluding carboxylic acids is 2. The van der Waals surface area contributed by atoms with Crippen LogP contribution in [0.15, 0.2) is 12.1 Å². The average Bonchev–Trinajstić information content (AvgIpc) is 2.77. The normalized spacial score (nSPS) is 16.2. The van der Waals surface area contributed by atoms with Crippen LogP contribution in [0.25, 0.3) is 0 Å². The van der Waals surface area contributed by atoms with E-state index in [1.165, 1.54) is 12.1 Å². The molecule has 1 saturated heterocycles. The SMILES string of the molecule is CC(C)(C)OC(=O)N1CCC(C(=O)On2c(O)ccc2O)CC1. The maximum atomic E-state index is 12.1. The highest BCUT2D eigenvalue weighted by Gasteiger charge is 2.31. The second-order valence-electron chi connectivity index (χ2n) is 6.50. The Balaban J connectivity index is 1.87. The monoisotopic (exact) mass is 326 g/mol. The highest BCUT2D eigenvalue weighted by Crippen LogP contribution is 2.23. The summed E-state index contributed by atoms with van der Waals surface area (Å²) < 4.78 is 5.96. The third-order valence-electron chi connectivity index (χ3n) is 3.46. The van der Waals surface area contributed by atoms with Crippen molar-refractivity contribution in [1.82, 2.24) is 9.63 Å². The molecule has 8 nitrogen and oxygen atoms in total. The van der Waals surface area contributed by atoms with Gasteiger partial charge >= 0.3 is 12.1 Å². The van der Waals surface area contributed by atoms with Gasteiger partial charge in [-0.25, -0.2) is 9.59 Å². The summed E-state index contributed by atoms with van der Waals surface area (Å²) in [5.41, 5.74) is -0.559. The van der Waals surface area contributed by atoms with Gasteiger partial charge in [0.25, 0.3) is 0 Å². The van der Waals surface area contributed by atoms with Crippen LogP contribution in [0.3, 0.4) is 0 Å². The molecule has 2 N–H and O–H groups in total. The molecule has 1 aliphatic rings. The van der Waals surface area contributed by atoms with Gasteiger partial charge in [-0.05, 0) is 33.6 Å². The molecule has 0 radical (unpaired) electrons. The van der Waals surface area contributed by atoms with Crippen molar-refractivity contribution >= 4 is 12.1 Å². The minimum atomic E-state index is -0.560. The first-order valence-corrected chi connectivity index (χ1v) is 7.47. The van der Waals surface area contributed by atoms with Gasteiger partial charge < -0.3 is 24.7 Å². The highest BCUT2D eigenvalue weighted by atomic mass is 16.7. The Morgan fingerprint density at radius 1 is 1.13 bits per heavy atom. The number of nitrogens with zero attached hydrogens (tertiary/aromatic N) is 2. The van der Waals surface area contributed by atoms with E-state index in [1.54, 1.807) is 25.7 Å². The number of hydrogen-bond donors (Lipinski definition) is 2. The lowest BCUT2D eigenvalue weighted by Crippen LogP contribution is -2.44. The molecule has 1 aliphatic heterocycles. The van der Waals surface area contributed by atoms with Crippen molar-refractivity contribution in [2.45, 2.75) is 39.2 Å². The van der Waals surface area contributed by atoms with E-state index in [2.05, 4.69) is 0 Å². The largest absolute Gasteiger partial charge is 0.492 e. The van der Waals surface area contributed by atoms with Gasteiger partial charge in [0, 0.05) is 25.2 Å². The van der Waals surface area contributed by atoms with E-state index < -0.39 is 23.6 Å². The molecule has 2 heterocycles. The number of ether oxygens (including phenoxy) is 1. The number of carbonyl (C=O) groups is 2. The van der Waals surface area contributed by atoms with Crippen LogP contribution in [-0.2, 0) is 9.53 Å². The predicted molar refractivity (Wildman–Crippen MR) is 79.9 cm³/mol. The molecule has 128 valence electrons. The van der Waals surface area contributed by atoms with Crippen LogP contribution in [0.1, 0.15) is 33.6 Å². The molecule has 2 rings (SSSR count). The number of hydrogen-bond acceptors (Lipinski definition) is 6. The molecule has 23 heavy (non-hydrogen) atoms. The second-order valence-corrected chi connectivity index (χ2v) is 6.50. The fourth-order valence-corrected chi connectivity index (χ4v) is 2.28. The van der Waals surface area contributed by atoms with Crippen LogP contribution in [0, 0.1) is 5.92 Å². The molecule has 1 aromatic rings. The molecule has 1 aromatic heterocycles. The van der Waals surface area contributed by atoms with Crippen LogP contribution < -0.4 is 4.84 Å². The summed E-state index contributed by atoms with van der Waals surface area (Å²) in [6, 6.07) is 2.43. The summed E-state index contributed by atoms with van der Waals surface area (Å²) in [6.45, 7) is 6.16. The van der Waals surface area contributed by atoms with Gasteiger partial charge in [-0.1, -0.05) is 0 Å². The van der Waals surface area contributed by atoms with E-state index in [1.807, 2.05) is 0 Å². The molecule has 1 fully saturated rings. The van der Waals surface area contributed by atoms with Crippen molar-refractivity contribution in [3.05, 3.63) is 12.1 Å². The van der Waals surface area contributed by atoms with Crippen LogP contribution in [-0.4, -0.2) is 50.6 Å². The van der Waals surface area contributed by atoms with Crippen molar-refractivity contribution in [3.8, 4) is 11.8 Å². The molecule has 8 heteroatoms. The van der Waals surface area contributed by atoms with Crippen LogP contribution in [0.5, 0.6) is 11.8 Å². The molecular weight excluding hydrogens is 304 g/mol. The van der Waals surface area contributed by atoms with Gasteiger partial charge in [-0.3, -0.25) is 0 Å². The Morgan fingerprint density at radius 2 is 1.65 bits per heavy atom. The number of aromatic hydroxyl groups is 2. The number of piperidine rings is 1. The zero-order chi connectivity index (χ0) is 17.2. The molecule has 0 bridgehead atoms. The van der Waals surface area contributed by atoms with Crippen molar-refractivity contribution in [2.75, 3.05) is 13.1 Å². The fraction of sp³-hybridized carbons (Fsp3) is 0.600. The summed E-state index contributed by atoms with van der Waals surface area (Å²) in [5.74, 6) is -1.69. The van der Waals surface area contributed by atoms with E-state index >= 15 is 0 Å². The zero-order valence-corrected chi connectivity index (χ0v) is 13.5. The first-order chi connectivity index (χ1) is 10.7. The predicted octanol–water partition coefficient (Wildman–Crippen LogP) is 1.50. The Kier molecular flexibility index (Phi) is 4.72. The lowest BCUT2D eigenvalue weighted by Gasteiger charge is -2.32. The lowest BCUT2D eigenvalue weighted by molar-refractivity contribution is -0.152. The smallest absolute Gasteiger partial charge is 0.410 e. The van der Waals surface area contributed by atoms with E-state index in [-0.39, 0.29) is 11.8 Å². The first kappa shape index (κ1) is 17.0. The van der Waals surface area contributed by atoms with Gasteiger partial charge in [0.15, 0.2) is 0 Å². The van der Waals surface area contributed by atoms with Gasteiger partial charge in [0.2, 0.25) is 11.8 Å². The first-order valence-electron chi connectivity index (χ1n) is 7.47. The van der Waals surface area contributed by atoms with E-state index in [4.69, 9.17) is 9.57 Å². The Morgan fingerprint density at radius 3 is 2.13 bits per heavy atom. The van der Waals surface area contributed by atoms with Crippen molar-refractivity contribution in [2.24, 2.45) is 5.92 Å². The lowest BCUT2D eigenvalue weighted by atomic mass is 9.97. The zero-order valence-electron chi connectivity index (χ0n) is 13.5. The third-order valence-corrected chi connectivity index (χ3v) is 3.46. The molecular formula is C15H22N2O6. The van der Waals surface area contributed by atoms with E-state index in [0.717, 1.165) is 0 Å². The average molecular weight is 326 g/mol. The minimum Gasteiger partial charge on any atom is -0.492 e. The summed E-state index contributed by atoms with van der Waals surface area (Å²) in [6.07, 6.45) is 0.465. The van der Waals surface area contributed by atoms with Crippen molar-refractivity contribution in [1.29, 1.82) is 0 Å². The molecule has 1 amide bonds. The van der Waals surface area contributed by atoms with Crippen LogP contribution >= 0.6 is 0 Å². The van der Waals surface area contributed by atoms with Crippen LogP contribution in [0.4, 0.5) is 4.79 Å². The second kappa shape index (κ2) is 6.39. The molecule has 0 atom stereocenters. The van der Waals surface area contributed by atoms with Crippen molar-refractivity contribution in [3.63, 3.8) is 0 Å². The maximum Gasteiger partial charge on any atom is 0.410 e. The maximum absolute atomic E-state index is 12.1. The molecule has 0 aliphatic carbocycles. The summed E-state index contributed by atoms with van der Waals surface area (Å²) in [7, 11) is 0. The topological polar surface area (TPSA) is 101 Å². The van der Waals surface area contributed by atoms with Crippen LogP contribution in [0.2, 0.25) is 0 Å². The molecule has 0 saturated carbocycles. The quantitative estimate of drug-likeness (QED) is 0.854. The van der Waals surface area contributed by atoms with Gasteiger partial charge in [-0.2, -0.15) is 0 Å². The standard InChI is InChI=1S/C15H22N2O6/c1-15(2,3)22-14(21)16-8-6-10(7-9-16)13(20)23-17-11(18)4-5-12(17)19/h4-5,10,18-19H,6-9H2,1-3H3. The number of aromatic nitrogens is 1. The van der Waals surface area contributed by atoms with Gasteiger partial charge in [-0.15, -0.1) is 4.73 Å². The molecule has 0 aromatic carbocycles. The van der Waals surface area contributed by atoms with Gasteiger partial charge in [0.1, 0.15) is 5.60 Å². The highest BCUT2D eigenvalue weighted by molar-refractivity contribution is 5.74. The number of rotatable bonds is 2. The van der Waals surface area contributed by atoms with Gasteiger partial charge in [0.05, 0.1) is 5.92 Å². The Bertz CT molecular complexity index is 562. The molecule has 0 unspecified atom stereocenters. The fourth-order valence-electron chi connectivity index (χ4n) is 2.28. The Hall–Kier alpha value is -2.38. The summed E-state index contributed by atoms with van der Waals surface area (Å²) >= 11 is 0. The number of amides is 1. The summed E-state index contributed by atoms with van der Waals surface area (Å²) in [5, 5.41) is 18.9. The van der Waals surface area contributed by atoms with E-state index in [0.29, 0.717) is 30.7 Å². The third kappa shape index (κ3) is 4.30. The summed E-state index contributed by atoms with van der Waals surface area (Å²) in [4.78, 5) is 30.6. The van der Waals surface area contributed by atoms with E-state index in [9.17, 15) is 19.8 Å². The number of likely N-dealkylation sites (tertiary alicyclic amines) is 1. The minimum absolute atomic E-state index is 0.359.